The topological polar surface area (TPSA) is 198 Å². The number of fused-ring (bicyclic) bond motifs is 9. The van der Waals surface area contributed by atoms with Crippen molar-refractivity contribution in [1.82, 2.24) is 0 Å². The van der Waals surface area contributed by atoms with Crippen LogP contribution in [-0.2, 0) is 37.2 Å². The van der Waals surface area contributed by atoms with Gasteiger partial charge in [-0.2, -0.15) is 21.6 Å². The molecule has 5 heterocycles. The zero-order chi connectivity index (χ0) is 48.4. The second kappa shape index (κ2) is 15.1. The molecule has 1 atom stereocenters. The second-order valence-corrected chi connectivity index (χ2v) is 19.3. The average Bonchev–Trinajstić information content (AvgIpc) is 3.46. The minimum absolute atomic E-state index is 0.0208. The fourth-order valence-corrected chi connectivity index (χ4v) is 10.2. The Balaban J connectivity index is 0.00000142. The van der Waals surface area contributed by atoms with Gasteiger partial charge in [0.2, 0.25) is 0 Å². The molecule has 1 unspecified atom stereocenters. The minimum atomic E-state index is -4.92. The van der Waals surface area contributed by atoms with E-state index in [2.05, 4.69) is 24.8 Å². The van der Waals surface area contributed by atoms with Crippen LogP contribution in [-0.4, -0.2) is 75.5 Å². The van der Waals surface area contributed by atoms with E-state index in [4.69, 9.17) is 26.5 Å². The number of halogens is 3. The number of rotatable bonds is 4. The van der Waals surface area contributed by atoms with Crippen LogP contribution in [0.15, 0.2) is 88.1 Å². The summed E-state index contributed by atoms with van der Waals surface area (Å²) < 4.78 is 121. The van der Waals surface area contributed by atoms with Crippen molar-refractivity contribution in [3.8, 4) is 11.5 Å². The van der Waals surface area contributed by atoms with Crippen LogP contribution in [0.1, 0.15) is 88.7 Å². The lowest BCUT2D eigenvalue weighted by Crippen LogP contribution is -2.48. The van der Waals surface area contributed by atoms with Crippen molar-refractivity contribution >= 4 is 71.8 Å². The zero-order valence-corrected chi connectivity index (χ0v) is 38.1. The maximum atomic E-state index is 15.5. The van der Waals surface area contributed by atoms with Gasteiger partial charge in [-0.1, -0.05) is 18.2 Å². The third-order valence-electron chi connectivity index (χ3n) is 12.7. The summed E-state index contributed by atoms with van der Waals surface area (Å²) in [7, 11) is -2.72. The van der Waals surface area contributed by atoms with Gasteiger partial charge in [0.15, 0.2) is 0 Å². The predicted molar refractivity (Wildman–Crippen MR) is 238 cm³/mol. The van der Waals surface area contributed by atoms with Gasteiger partial charge in [0, 0.05) is 94.2 Å². The van der Waals surface area contributed by atoms with E-state index in [-0.39, 0.29) is 28.1 Å². The molecule has 1 N–H and O–H groups in total. The molecular weight excluding hydrogens is 908 g/mol. The Hall–Kier alpha value is -6.77. The van der Waals surface area contributed by atoms with Crippen LogP contribution < -0.4 is 25.1 Å². The first-order chi connectivity index (χ1) is 30.6. The number of hydrogen-bond acceptors (Lipinski definition) is 13. The highest BCUT2D eigenvalue weighted by Gasteiger charge is 2.58. The van der Waals surface area contributed by atoms with Gasteiger partial charge in [-0.15, -0.1) is 12.6 Å². The van der Waals surface area contributed by atoms with Gasteiger partial charge in [0.25, 0.3) is 16.0 Å². The molecule has 0 bridgehead atoms. The van der Waals surface area contributed by atoms with E-state index in [9.17, 15) is 35.7 Å². The summed E-state index contributed by atoms with van der Waals surface area (Å²) in [6, 6.07) is 15.8. The van der Waals surface area contributed by atoms with E-state index in [0.717, 1.165) is 22.9 Å². The number of anilines is 3. The number of carbonyl (C=O) groups is 2. The SMILES string of the molecule is COC(=O)c1ccc2c(c1)C(=O)N(c1ccc3c(C(F)(F)F)cc(=O)oc3c1)C21c2cc3c(cc2Oc2cc4c(cc21)C(CS(=O)(=O)O)=CC(C)(C)N4C)N(C)C(C)(C)C=C3C.O=S(=O)=O. The van der Waals surface area contributed by atoms with Crippen LogP contribution in [0.2, 0.25) is 0 Å². The summed E-state index contributed by atoms with van der Waals surface area (Å²) >= 11 is 0. The molecule has 15 nitrogen and oxygen atoms in total. The van der Waals surface area contributed by atoms with Crippen LogP contribution >= 0.6 is 0 Å². The van der Waals surface area contributed by atoms with E-state index in [1.54, 1.807) is 24.3 Å². The fraction of sp³-hybridized carbons (Fsp3) is 0.283. The number of allylic oxidation sites excluding steroid dienone is 1. The molecule has 20 heteroatoms. The number of methoxy groups -OCH3 is 1. The lowest BCUT2D eigenvalue weighted by Gasteiger charge is -2.47. The minimum Gasteiger partial charge on any atom is -0.465 e. The van der Waals surface area contributed by atoms with Crippen molar-refractivity contribution in [3.05, 3.63) is 134 Å². The van der Waals surface area contributed by atoms with E-state index < -0.39 is 83.3 Å². The molecule has 344 valence electrons. The lowest BCUT2D eigenvalue weighted by atomic mass is 9.72. The number of likely N-dealkylation sites (N-methyl/N-ethyl adjacent to an activating group) is 2. The van der Waals surface area contributed by atoms with Crippen molar-refractivity contribution in [2.45, 2.75) is 57.4 Å². The van der Waals surface area contributed by atoms with Gasteiger partial charge in [0.1, 0.15) is 28.4 Å². The number of hydrogen-bond donors (Lipinski definition) is 1. The summed E-state index contributed by atoms with van der Waals surface area (Å²) in [5, 5.41) is -0.417. The third kappa shape index (κ3) is 7.23. The summed E-state index contributed by atoms with van der Waals surface area (Å²) in [6.07, 6.45) is -1.08. The third-order valence-corrected chi connectivity index (χ3v) is 13.4. The second-order valence-electron chi connectivity index (χ2n) is 17.4. The highest BCUT2D eigenvalue weighted by atomic mass is 32.2. The molecule has 0 radical (unpaired) electrons. The fourth-order valence-electron chi connectivity index (χ4n) is 9.55. The number of amides is 1. The largest absolute Gasteiger partial charge is 0.465 e. The molecular formula is C46H40F3N3O12S2. The van der Waals surface area contributed by atoms with Gasteiger partial charge < -0.3 is 23.7 Å². The Morgan fingerprint density at radius 3 is 1.95 bits per heavy atom. The molecule has 0 fully saturated rings. The molecule has 5 aromatic rings. The van der Waals surface area contributed by atoms with E-state index >= 15 is 4.79 Å². The number of esters is 1. The smallest absolute Gasteiger partial charge is 0.425 e. The first-order valence-corrected chi connectivity index (χ1v) is 22.6. The van der Waals surface area contributed by atoms with E-state index in [1.807, 2.05) is 51.9 Å². The Bertz CT molecular complexity index is 3350. The Morgan fingerprint density at radius 1 is 0.803 bits per heavy atom. The predicted octanol–water partition coefficient (Wildman–Crippen LogP) is 7.78. The number of carbonyl (C=O) groups excluding carboxylic acids is 2. The summed E-state index contributed by atoms with van der Waals surface area (Å²) in [5.74, 6) is -1.56. The lowest BCUT2D eigenvalue weighted by molar-refractivity contribution is -0.136. The maximum Gasteiger partial charge on any atom is 0.425 e. The Kier molecular flexibility index (Phi) is 10.5. The molecule has 0 aliphatic carbocycles. The van der Waals surface area contributed by atoms with Gasteiger partial charge in [0.05, 0.1) is 29.3 Å². The quantitative estimate of drug-likeness (QED) is 0.104. The van der Waals surface area contributed by atoms with Gasteiger partial charge >= 0.3 is 28.4 Å². The van der Waals surface area contributed by atoms with E-state index in [0.29, 0.717) is 39.8 Å². The summed E-state index contributed by atoms with van der Waals surface area (Å²) in [6.45, 7) is 9.85. The highest BCUT2D eigenvalue weighted by molar-refractivity contribution is 7.86. The van der Waals surface area contributed by atoms with Crippen LogP contribution in [0.3, 0.4) is 0 Å². The maximum absolute atomic E-state index is 15.5. The summed E-state index contributed by atoms with van der Waals surface area (Å²) in [5.41, 5.74) is -0.905. The number of benzene rings is 4. The monoisotopic (exact) mass is 947 g/mol. The van der Waals surface area contributed by atoms with Gasteiger partial charge in [-0.3, -0.25) is 14.2 Å². The van der Waals surface area contributed by atoms with Gasteiger partial charge in [-0.05, 0) is 82.2 Å². The number of nitrogens with zero attached hydrogens (tertiary/aromatic N) is 3. The van der Waals surface area contributed by atoms with Crippen molar-refractivity contribution in [2.24, 2.45) is 0 Å². The van der Waals surface area contributed by atoms with Gasteiger partial charge in [-0.25, -0.2) is 9.59 Å². The molecule has 1 spiro atoms. The highest BCUT2D eigenvalue weighted by Crippen LogP contribution is 2.62. The van der Waals surface area contributed by atoms with Crippen LogP contribution in [0.4, 0.5) is 30.2 Å². The molecule has 0 saturated carbocycles. The average molecular weight is 948 g/mol. The van der Waals surface area contributed by atoms with E-state index in [1.165, 1.54) is 36.3 Å². The number of ether oxygens (including phenoxy) is 2. The molecule has 4 aliphatic heterocycles. The molecule has 0 saturated heterocycles. The Morgan fingerprint density at radius 2 is 1.38 bits per heavy atom. The molecule has 66 heavy (non-hydrogen) atoms. The van der Waals surface area contributed by atoms with Crippen LogP contribution in [0, 0.1) is 0 Å². The molecule has 1 aromatic heterocycles. The molecule has 9 rings (SSSR count). The van der Waals surface area contributed by atoms with Crippen molar-refractivity contribution in [3.63, 3.8) is 0 Å². The van der Waals surface area contributed by atoms with Crippen molar-refractivity contribution < 1.29 is 62.2 Å². The molecule has 1 amide bonds. The molecule has 4 aromatic carbocycles. The Labute approximate surface area is 377 Å². The first kappa shape index (κ1) is 45.8. The van der Waals surface area contributed by atoms with Crippen LogP contribution in [0.25, 0.3) is 22.1 Å². The standard InChI is InChI=1S/C46H40F3N3O9S.O3S/c1-23-20-43(2,3)50(6)35-18-38-33(15-28(23)35)45(34-16-29-25(22-62(56,57)58)21-44(4,5)51(7)36(29)19-39(34)60-38)31-12-9-24(42(55)59-8)13-30(31)41(54)52(45)26-10-11-27-32(46(47,48)49)17-40(53)61-37(27)14-26;1-4(2)3/h9-21H,22H2,1-8H3,(H,56,57,58);. The summed E-state index contributed by atoms with van der Waals surface area (Å²) in [4.78, 5) is 46.5. The normalized spacial score (nSPS) is 18.7. The molecule has 4 aliphatic rings. The number of alkyl halides is 3. The van der Waals surface area contributed by atoms with Crippen molar-refractivity contribution in [2.75, 3.05) is 41.7 Å². The zero-order valence-electron chi connectivity index (χ0n) is 36.4. The van der Waals surface area contributed by atoms with Crippen LogP contribution in [0.5, 0.6) is 11.5 Å². The van der Waals surface area contributed by atoms with Crippen molar-refractivity contribution in [1.29, 1.82) is 0 Å². The first-order valence-electron chi connectivity index (χ1n) is 20.0.